The summed E-state index contributed by atoms with van der Waals surface area (Å²) in [7, 11) is -3.12. The lowest BCUT2D eigenvalue weighted by molar-refractivity contribution is 0.0487. The number of alkyl halides is 1. The molecule has 3 aliphatic carbocycles. The van der Waals surface area contributed by atoms with Crippen molar-refractivity contribution in [2.75, 3.05) is 13.2 Å². The highest BCUT2D eigenvalue weighted by Gasteiger charge is 2.32. The molecule has 3 saturated carbocycles. The fraction of sp³-hybridized carbons (Fsp3) is 0.373. The molecular weight excluding hydrogens is 1430 g/mol. The van der Waals surface area contributed by atoms with Crippen LogP contribution in [-0.4, -0.2) is 115 Å². The van der Waals surface area contributed by atoms with Crippen molar-refractivity contribution >= 4 is 108 Å². The van der Waals surface area contributed by atoms with Gasteiger partial charge in [0.2, 0.25) is 0 Å². The molecule has 2 amide bonds. The Kier molecular flexibility index (Phi) is 28.8. The molecule has 558 valence electrons. The maximum absolute atomic E-state index is 12.4. The van der Waals surface area contributed by atoms with Gasteiger partial charge in [0.05, 0.1) is 132 Å². The Bertz CT molecular complexity index is 4990. The third kappa shape index (κ3) is 24.9. The number of halogens is 1. The zero-order valence-electron chi connectivity index (χ0n) is 62.5. The van der Waals surface area contributed by atoms with E-state index in [1.165, 1.54) is 18.4 Å². The predicted molar refractivity (Wildman–Crippen MR) is 427 cm³/mol. The van der Waals surface area contributed by atoms with Gasteiger partial charge in [-0.3, -0.25) is 34.5 Å². The maximum Gasteiger partial charge on any atom is 0.408 e. The third-order valence-corrected chi connectivity index (χ3v) is 20.2. The van der Waals surface area contributed by atoms with Crippen LogP contribution in [0, 0.1) is 18.8 Å². The van der Waals surface area contributed by atoms with Crippen LogP contribution in [0.1, 0.15) is 147 Å². The summed E-state index contributed by atoms with van der Waals surface area (Å²) in [5.74, 6) is 0.971. The Labute approximate surface area is 634 Å². The molecule has 6 aromatic heterocycles. The van der Waals surface area contributed by atoms with Gasteiger partial charge in [-0.2, -0.15) is 0 Å². The lowest BCUT2D eigenvalue weighted by Crippen LogP contribution is -2.41. The van der Waals surface area contributed by atoms with Gasteiger partial charge in [-0.1, -0.05) is 102 Å². The molecule has 0 radical (unpaired) electrons. The summed E-state index contributed by atoms with van der Waals surface area (Å²) in [6.07, 6.45) is 23.8. The molecule has 0 spiro atoms. The summed E-state index contributed by atoms with van der Waals surface area (Å²) in [5, 5.41) is 6.75. The summed E-state index contributed by atoms with van der Waals surface area (Å²) in [5.41, 5.74) is 22.7. The highest BCUT2D eigenvalue weighted by molar-refractivity contribution is 9.08. The fourth-order valence-corrected chi connectivity index (χ4v) is 14.6. The topological polar surface area (TPSA) is 293 Å². The van der Waals surface area contributed by atoms with Crippen LogP contribution in [0.3, 0.4) is 0 Å². The Hall–Kier alpha value is -9.77. The molecule has 5 unspecified atom stereocenters. The van der Waals surface area contributed by atoms with E-state index >= 15 is 0 Å². The van der Waals surface area contributed by atoms with Gasteiger partial charge in [0.1, 0.15) is 11.2 Å². The molecule has 6 heterocycles. The molecule has 12 aromatic rings. The molecule has 15 rings (SSSR count). The number of rotatable bonds is 14. The Morgan fingerprint density at radius 1 is 0.477 bits per heavy atom. The van der Waals surface area contributed by atoms with E-state index in [-0.39, 0.29) is 30.4 Å². The molecule has 107 heavy (non-hydrogen) atoms. The molecule has 3 fully saturated rings. The molecule has 3 aliphatic rings. The first-order chi connectivity index (χ1) is 51.6. The first-order valence-electron chi connectivity index (χ1n) is 36.7. The lowest BCUT2D eigenvalue weighted by atomic mass is 9.98. The van der Waals surface area contributed by atoms with Crippen LogP contribution in [0.5, 0.6) is 0 Å². The molecule has 24 heteroatoms. The van der Waals surface area contributed by atoms with Gasteiger partial charge >= 0.3 is 19.8 Å². The number of carbonyl (C=O) groups is 2. The number of alkyl carbamates (subject to hydrolysis) is 2. The number of nitrogens with two attached hydrogens (primary N) is 1. The number of ether oxygens (including phenoxy) is 2. The van der Waals surface area contributed by atoms with Crippen LogP contribution in [0.2, 0.25) is 0 Å². The van der Waals surface area contributed by atoms with Gasteiger partial charge in [-0.15, -0.1) is 0 Å². The van der Waals surface area contributed by atoms with Gasteiger partial charge in [0.25, 0.3) is 0 Å². The number of hydrogen-bond donors (Lipinski definition) is 3. The van der Waals surface area contributed by atoms with Crippen molar-refractivity contribution in [3.63, 3.8) is 0 Å². The van der Waals surface area contributed by atoms with Crippen molar-refractivity contribution in [1.82, 2.24) is 70.4 Å². The number of aryl methyl sites for hydroxylation is 1. The van der Waals surface area contributed by atoms with Crippen molar-refractivity contribution in [2.24, 2.45) is 17.6 Å². The standard InChI is InChI=1S/C19H25N3O2.C19H23N3O2.C14H17N3.C13H17N2O3P.C9H7BrN2.C9H8N2/c2*1-19(2,3)24-18(23)22-15-10-6-7-13(15)11-14-12-20-16-8-4-5-9-17(16)21-14;15-12-5-3-4-10(12)8-11-9-16-13-6-1-2-7-14(13)17-11;1-3-17-19(16,18-4-2)10-11-9-14-12-7-5-6-8-13(12)15-11;10-5-7-6-11-8-3-1-2-4-9(8)12-7;1-7-6-10-8-4-2-3-5-9(8)11-7/h4-5,8-9,12-13,15H,6-7,10-11H2,1-3H3,(H,22,23);4-5,8-9,11-12,15H,6-7,10H2,1-3H3,(H,22,23);1-2,6-7,9-10,12H,3-5,8,15H2;5-9H,3-4,10H2,1-2H3;1-4,6H,5H2;2-6H,1H3/b;13-11+;;;;. The first kappa shape index (κ1) is 79.8. The number of amides is 2. The Morgan fingerprint density at radius 3 is 1.32 bits per heavy atom. The van der Waals surface area contributed by atoms with Gasteiger partial charge in [-0.25, -0.2) is 39.5 Å². The first-order valence-corrected chi connectivity index (χ1v) is 39.5. The van der Waals surface area contributed by atoms with Crippen LogP contribution in [-0.2, 0) is 47.4 Å². The number of para-hydroxylation sites is 12. The quantitative estimate of drug-likeness (QED) is 0.0673. The summed E-state index contributed by atoms with van der Waals surface area (Å²) in [6, 6.07) is 47.5. The van der Waals surface area contributed by atoms with E-state index < -0.39 is 18.8 Å². The summed E-state index contributed by atoms with van der Waals surface area (Å²) in [4.78, 5) is 77.3. The number of aromatic nitrogens is 12. The lowest BCUT2D eigenvalue weighted by Gasteiger charge is -2.24. The van der Waals surface area contributed by atoms with Crippen molar-refractivity contribution in [2.45, 2.75) is 174 Å². The normalized spacial score (nSPS) is 17.3. The molecule has 4 N–H and O–H groups in total. The van der Waals surface area contributed by atoms with Crippen molar-refractivity contribution < 1.29 is 32.7 Å². The highest BCUT2D eigenvalue weighted by atomic mass is 79.9. The van der Waals surface area contributed by atoms with Crippen LogP contribution in [0.15, 0.2) is 188 Å². The van der Waals surface area contributed by atoms with E-state index in [4.69, 9.17) is 29.2 Å². The molecular formula is C83H97BrN15O7P. The minimum absolute atomic E-state index is 0.00752. The third-order valence-electron chi connectivity index (χ3n) is 17.6. The van der Waals surface area contributed by atoms with Crippen molar-refractivity contribution in [1.29, 1.82) is 0 Å². The van der Waals surface area contributed by atoms with E-state index in [1.54, 1.807) is 38.6 Å². The minimum Gasteiger partial charge on any atom is -0.444 e. The Morgan fingerprint density at radius 2 is 0.860 bits per heavy atom. The summed E-state index contributed by atoms with van der Waals surface area (Å²) >= 11 is 3.34. The zero-order chi connectivity index (χ0) is 75.8. The molecule has 22 nitrogen and oxygen atoms in total. The molecule has 0 bridgehead atoms. The van der Waals surface area contributed by atoms with Gasteiger partial charge < -0.3 is 34.9 Å². The molecule has 0 aliphatic heterocycles. The predicted octanol–water partition coefficient (Wildman–Crippen LogP) is 18.1. The average molecular weight is 1530 g/mol. The maximum atomic E-state index is 12.4. The smallest absolute Gasteiger partial charge is 0.408 e. The second kappa shape index (κ2) is 38.7. The largest absolute Gasteiger partial charge is 0.444 e. The van der Waals surface area contributed by atoms with Crippen molar-refractivity contribution in [3.05, 3.63) is 223 Å². The fourth-order valence-electron chi connectivity index (χ4n) is 12.8. The highest BCUT2D eigenvalue weighted by Crippen LogP contribution is 2.51. The van der Waals surface area contributed by atoms with E-state index in [0.717, 1.165) is 158 Å². The average Bonchev–Trinajstić information content (AvgIpc) is 1.79. The summed E-state index contributed by atoms with van der Waals surface area (Å²) < 4.78 is 33.6. The van der Waals surface area contributed by atoms with Crippen LogP contribution in [0.4, 0.5) is 9.59 Å². The van der Waals surface area contributed by atoms with Gasteiger partial charge in [0.15, 0.2) is 0 Å². The molecule has 0 saturated heterocycles. The van der Waals surface area contributed by atoms with E-state index in [1.807, 2.05) is 213 Å². The molecule has 6 aromatic carbocycles. The number of nitrogens with one attached hydrogen (secondary N) is 2. The van der Waals surface area contributed by atoms with Gasteiger partial charge in [-0.05, 0) is 216 Å². The number of nitrogens with zero attached hydrogens (tertiary/aromatic N) is 12. The van der Waals surface area contributed by atoms with Crippen LogP contribution in [0.25, 0.3) is 72.3 Å². The van der Waals surface area contributed by atoms with Gasteiger partial charge in [0, 0.05) is 48.4 Å². The zero-order valence-corrected chi connectivity index (χ0v) is 65.0. The number of carbonyl (C=O) groups excluding carboxylic acids is 2. The summed E-state index contributed by atoms with van der Waals surface area (Å²) in [6.45, 7) is 17.4. The SMILES string of the molecule is BrCc1cnc2ccccc2n1.CC(C)(C)OC(=O)NC1CCC/C1=C\c1cnc2ccccc2n1.CC(C)(C)OC(=O)NC1CCCC1Cc1cnc2ccccc2n1.CCOP(=O)(Cc1cnc2ccccc2n1)OCC.Cc1cnc2ccccc2n1.NC1CCCC1Cc1cnc2ccccc2n1. The van der Waals surface area contributed by atoms with Crippen LogP contribution < -0.4 is 16.4 Å². The molecule has 5 atom stereocenters. The number of hydrogen-bond acceptors (Lipinski definition) is 20. The van der Waals surface area contributed by atoms with Crippen molar-refractivity contribution in [3.8, 4) is 0 Å². The van der Waals surface area contributed by atoms with E-state index in [2.05, 4.69) is 81.4 Å². The number of fused-ring (bicyclic) bond motifs is 6. The second-order valence-electron chi connectivity index (χ2n) is 28.4. The second-order valence-corrected chi connectivity index (χ2v) is 31.1. The van der Waals surface area contributed by atoms with E-state index in [0.29, 0.717) is 36.8 Å². The monoisotopic (exact) mass is 1530 g/mol. The minimum atomic E-state index is -3.12. The number of benzene rings is 6. The van der Waals surface area contributed by atoms with E-state index in [9.17, 15) is 14.2 Å². The Balaban J connectivity index is 0.000000140. The van der Waals surface area contributed by atoms with Crippen LogP contribution >= 0.6 is 23.5 Å².